The normalized spacial score (nSPS) is 16.3. The number of anilines is 1. The van der Waals surface area contributed by atoms with Crippen molar-refractivity contribution < 1.29 is 17.9 Å². The van der Waals surface area contributed by atoms with Crippen LogP contribution in [0.4, 0.5) is 5.13 Å². The van der Waals surface area contributed by atoms with Gasteiger partial charge >= 0.3 is 0 Å². The lowest BCUT2D eigenvalue weighted by atomic mass is 9.99. The molecule has 37 heavy (non-hydrogen) atoms. The fraction of sp³-hybridized carbons (Fsp3) is 0.214. The summed E-state index contributed by atoms with van der Waals surface area (Å²) in [5.41, 5.74) is 2.79. The van der Waals surface area contributed by atoms with Crippen molar-refractivity contribution in [2.45, 2.75) is 17.7 Å². The summed E-state index contributed by atoms with van der Waals surface area (Å²) in [7, 11) is -2.18. The number of nitrogens with one attached hydrogen (secondary N) is 1. The third-order valence-electron chi connectivity index (χ3n) is 6.39. The van der Waals surface area contributed by atoms with Gasteiger partial charge in [0.05, 0.1) is 28.5 Å². The van der Waals surface area contributed by atoms with E-state index in [0.29, 0.717) is 30.3 Å². The first-order chi connectivity index (χ1) is 18.0. The average Bonchev–Trinajstić information content (AvgIpc) is 3.38. The lowest BCUT2D eigenvalue weighted by Crippen LogP contribution is -2.43. The number of hydrogen-bond donors (Lipinski definition) is 1. The predicted octanol–water partition coefficient (Wildman–Crippen LogP) is 5.53. The maximum Gasteiger partial charge on any atom is 0.243 e. The zero-order valence-electron chi connectivity index (χ0n) is 20.3. The topological polar surface area (TPSA) is 88.6 Å². The zero-order valence-corrected chi connectivity index (χ0v) is 22.0. The summed E-state index contributed by atoms with van der Waals surface area (Å²) in [4.78, 5) is 19.2. The largest absolute Gasteiger partial charge is 0.497 e. The highest BCUT2D eigenvalue weighted by Crippen LogP contribution is 2.39. The van der Waals surface area contributed by atoms with Crippen LogP contribution in [0.1, 0.15) is 12.8 Å². The number of aromatic nitrogens is 1. The number of sulfonamides is 1. The van der Waals surface area contributed by atoms with Gasteiger partial charge in [0, 0.05) is 18.7 Å². The highest BCUT2D eigenvalue weighted by atomic mass is 32.2. The van der Waals surface area contributed by atoms with Gasteiger partial charge in [0.25, 0.3) is 0 Å². The van der Waals surface area contributed by atoms with Crippen LogP contribution in [0, 0.1) is 5.92 Å². The summed E-state index contributed by atoms with van der Waals surface area (Å²) in [5, 5.41) is 3.47. The molecule has 0 bridgehead atoms. The smallest absolute Gasteiger partial charge is 0.243 e. The Morgan fingerprint density at radius 1 is 0.973 bits per heavy atom. The summed E-state index contributed by atoms with van der Waals surface area (Å²) in [6.45, 7) is 0.508. The van der Waals surface area contributed by atoms with Crippen molar-refractivity contribution in [3.8, 4) is 27.4 Å². The molecule has 1 fully saturated rings. The molecule has 0 spiro atoms. The number of benzene rings is 3. The first-order valence-corrected chi connectivity index (χ1v) is 14.3. The molecule has 1 saturated heterocycles. The van der Waals surface area contributed by atoms with Gasteiger partial charge in [0.15, 0.2) is 5.13 Å². The van der Waals surface area contributed by atoms with Gasteiger partial charge in [0.2, 0.25) is 15.9 Å². The van der Waals surface area contributed by atoms with E-state index < -0.39 is 15.9 Å². The lowest BCUT2D eigenvalue weighted by Gasteiger charge is -2.31. The lowest BCUT2D eigenvalue weighted by molar-refractivity contribution is -0.120. The Morgan fingerprint density at radius 2 is 1.62 bits per heavy atom. The molecule has 1 atom stereocenters. The Hall–Kier alpha value is -3.53. The minimum absolute atomic E-state index is 0.128. The molecule has 5 rings (SSSR count). The van der Waals surface area contributed by atoms with Crippen molar-refractivity contribution in [3.05, 3.63) is 84.9 Å². The standard InChI is InChI=1S/C28H27N3O4S2/c1-35-23-14-16-24(17-15-23)37(33,34)31-18-8-13-22(19-31)27(32)30-28-29-25(20-9-4-2-5-10-20)26(36-28)21-11-6-3-7-12-21/h2-7,9-12,14-17,22H,8,13,18-19H2,1H3,(H,29,30,32). The second kappa shape index (κ2) is 10.8. The zero-order chi connectivity index (χ0) is 25.8. The van der Waals surface area contributed by atoms with Crippen LogP contribution in [-0.4, -0.2) is 43.8 Å². The molecule has 2 heterocycles. The van der Waals surface area contributed by atoms with Crippen molar-refractivity contribution >= 4 is 32.4 Å². The second-order valence-electron chi connectivity index (χ2n) is 8.80. The molecule has 0 aliphatic carbocycles. The number of carbonyl (C=O) groups excluding carboxylic acids is 1. The molecule has 9 heteroatoms. The van der Waals surface area contributed by atoms with Crippen LogP contribution in [0.2, 0.25) is 0 Å². The Morgan fingerprint density at radius 3 is 2.27 bits per heavy atom. The van der Waals surface area contributed by atoms with Crippen LogP contribution in [0.5, 0.6) is 5.75 Å². The molecule has 4 aromatic rings. The van der Waals surface area contributed by atoms with E-state index in [-0.39, 0.29) is 17.3 Å². The van der Waals surface area contributed by atoms with Crippen LogP contribution in [-0.2, 0) is 14.8 Å². The van der Waals surface area contributed by atoms with Crippen molar-refractivity contribution in [1.82, 2.24) is 9.29 Å². The first-order valence-electron chi connectivity index (χ1n) is 12.0. The van der Waals surface area contributed by atoms with Crippen LogP contribution >= 0.6 is 11.3 Å². The van der Waals surface area contributed by atoms with E-state index in [2.05, 4.69) is 5.32 Å². The predicted molar refractivity (Wildman–Crippen MR) is 146 cm³/mol. The van der Waals surface area contributed by atoms with Gasteiger partial charge in [-0.15, -0.1) is 0 Å². The number of hydrogen-bond acceptors (Lipinski definition) is 6. The van der Waals surface area contributed by atoms with E-state index in [1.165, 1.54) is 34.9 Å². The number of thiazole rings is 1. The summed E-state index contributed by atoms with van der Waals surface area (Å²) in [6.07, 6.45) is 1.22. The molecular weight excluding hydrogens is 506 g/mol. The fourth-order valence-electron chi connectivity index (χ4n) is 4.43. The van der Waals surface area contributed by atoms with Crippen molar-refractivity contribution in [2.24, 2.45) is 5.92 Å². The molecule has 190 valence electrons. The Bertz CT molecular complexity index is 1410. The number of carbonyl (C=O) groups is 1. The van der Waals surface area contributed by atoms with Crippen molar-refractivity contribution in [2.75, 3.05) is 25.5 Å². The second-order valence-corrected chi connectivity index (χ2v) is 11.7. The minimum Gasteiger partial charge on any atom is -0.497 e. The van der Waals surface area contributed by atoms with Crippen molar-refractivity contribution in [1.29, 1.82) is 0 Å². The van der Waals surface area contributed by atoms with Gasteiger partial charge in [-0.25, -0.2) is 13.4 Å². The van der Waals surface area contributed by atoms with E-state index in [1.807, 2.05) is 60.7 Å². The number of nitrogens with zero attached hydrogens (tertiary/aromatic N) is 2. The Kier molecular flexibility index (Phi) is 7.36. The molecule has 1 aliphatic heterocycles. The number of methoxy groups -OCH3 is 1. The average molecular weight is 534 g/mol. The third-order valence-corrected chi connectivity index (χ3v) is 9.29. The minimum atomic E-state index is -3.72. The van der Waals surface area contributed by atoms with Gasteiger partial charge in [-0.2, -0.15) is 4.31 Å². The maximum absolute atomic E-state index is 13.3. The SMILES string of the molecule is COc1ccc(S(=O)(=O)N2CCCC(C(=O)Nc3nc(-c4ccccc4)c(-c4ccccc4)s3)C2)cc1. The van der Waals surface area contributed by atoms with Crippen LogP contribution < -0.4 is 10.1 Å². The molecule has 1 amide bonds. The van der Waals surface area contributed by atoms with E-state index in [9.17, 15) is 13.2 Å². The fourth-order valence-corrected chi connectivity index (χ4v) is 6.95. The molecule has 1 aliphatic rings. The monoisotopic (exact) mass is 533 g/mol. The van der Waals surface area contributed by atoms with Crippen LogP contribution in [0.3, 0.4) is 0 Å². The molecule has 1 aromatic heterocycles. The first kappa shape index (κ1) is 25.1. The van der Waals surface area contributed by atoms with E-state index >= 15 is 0 Å². The number of ether oxygens (including phenoxy) is 1. The third kappa shape index (κ3) is 5.44. The molecule has 3 aromatic carbocycles. The van der Waals surface area contributed by atoms with E-state index in [4.69, 9.17) is 9.72 Å². The molecule has 0 saturated carbocycles. The maximum atomic E-state index is 13.3. The van der Waals surface area contributed by atoms with Crippen molar-refractivity contribution in [3.63, 3.8) is 0 Å². The summed E-state index contributed by atoms with van der Waals surface area (Å²) in [5.74, 6) is -0.100. The molecule has 1 N–H and O–H groups in total. The summed E-state index contributed by atoms with van der Waals surface area (Å²) < 4.78 is 33.0. The van der Waals surface area contributed by atoms with Gasteiger partial charge in [-0.05, 0) is 42.7 Å². The number of amides is 1. The molecule has 7 nitrogen and oxygen atoms in total. The highest BCUT2D eigenvalue weighted by Gasteiger charge is 2.34. The molecule has 1 unspecified atom stereocenters. The van der Waals surface area contributed by atoms with Gasteiger partial charge in [-0.1, -0.05) is 72.0 Å². The van der Waals surface area contributed by atoms with Gasteiger partial charge < -0.3 is 10.1 Å². The quantitative estimate of drug-likeness (QED) is 0.338. The van der Waals surface area contributed by atoms with Crippen LogP contribution in [0.25, 0.3) is 21.7 Å². The summed E-state index contributed by atoms with van der Waals surface area (Å²) in [6, 6.07) is 26.1. The molecular formula is C28H27N3O4S2. The van der Waals surface area contributed by atoms with Gasteiger partial charge in [0.1, 0.15) is 5.75 Å². The van der Waals surface area contributed by atoms with Crippen LogP contribution in [0.15, 0.2) is 89.8 Å². The number of rotatable bonds is 7. The Balaban J connectivity index is 1.35. The van der Waals surface area contributed by atoms with Gasteiger partial charge in [-0.3, -0.25) is 4.79 Å². The van der Waals surface area contributed by atoms with E-state index in [1.54, 1.807) is 12.1 Å². The highest BCUT2D eigenvalue weighted by molar-refractivity contribution is 7.89. The van der Waals surface area contributed by atoms with E-state index in [0.717, 1.165) is 21.7 Å². The molecule has 0 radical (unpaired) electrons. The Labute approximate surface area is 220 Å². The summed E-state index contributed by atoms with van der Waals surface area (Å²) >= 11 is 1.42. The number of piperidine rings is 1.